The van der Waals surface area contributed by atoms with Crippen LogP contribution >= 0.6 is 47.1 Å². The molecule has 0 amide bonds. The van der Waals surface area contributed by atoms with Gasteiger partial charge in [0.15, 0.2) is 0 Å². The fourth-order valence-electron chi connectivity index (χ4n) is 1.72. The fraction of sp³-hybridized carbons (Fsp3) is 0.750. The molecule has 1 atom stereocenters. The summed E-state index contributed by atoms with van der Waals surface area (Å²) in [6.07, 6.45) is 3.49. The van der Waals surface area contributed by atoms with E-state index in [9.17, 15) is 0 Å². The predicted molar refractivity (Wildman–Crippen MR) is 88.8 cm³/mol. The van der Waals surface area contributed by atoms with Crippen LogP contribution in [-0.2, 0) is 9.47 Å². The van der Waals surface area contributed by atoms with Crippen molar-refractivity contribution >= 4 is 61.6 Å². The average Bonchev–Trinajstić information content (AvgIpc) is 2.77. The Hall–Kier alpha value is 1.19. The Kier molecular flexibility index (Phi) is 8.07. The van der Waals surface area contributed by atoms with Crippen molar-refractivity contribution in [3.63, 3.8) is 0 Å². The van der Waals surface area contributed by atoms with Gasteiger partial charge in [-0.3, -0.25) is 0 Å². The zero-order valence-electron chi connectivity index (χ0n) is 10.9. The molecule has 0 N–H and O–H groups in total. The third-order valence-corrected chi connectivity index (χ3v) is 10.1. The summed E-state index contributed by atoms with van der Waals surface area (Å²) < 4.78 is 15.4. The van der Waals surface area contributed by atoms with Gasteiger partial charge in [0.05, 0.1) is 0 Å². The van der Waals surface area contributed by atoms with Crippen LogP contribution in [0.25, 0.3) is 0 Å². The molecule has 1 aliphatic rings. The number of thioether (sulfide) groups is 2. The Morgan fingerprint density at radius 1 is 1.47 bits per heavy atom. The molecule has 1 aromatic rings. The molecule has 2 nitrogen and oxygen atoms in total. The van der Waals surface area contributed by atoms with E-state index < -0.39 is 0 Å². The fourth-order valence-corrected chi connectivity index (χ4v) is 10.4. The molecule has 1 unspecified atom stereocenters. The van der Waals surface area contributed by atoms with E-state index in [1.54, 1.807) is 11.3 Å². The first-order valence-electron chi connectivity index (χ1n) is 6.42. The van der Waals surface area contributed by atoms with Crippen molar-refractivity contribution in [2.45, 2.75) is 40.5 Å². The SMILES string of the molecule is CCSc1[se]c(=S)sc1SCCOC1CCCCO1. The number of hydrogen-bond donors (Lipinski definition) is 0. The van der Waals surface area contributed by atoms with Crippen LogP contribution in [0.1, 0.15) is 26.2 Å². The first-order valence-corrected chi connectivity index (χ1v) is 11.3. The van der Waals surface area contributed by atoms with Gasteiger partial charge in [0.2, 0.25) is 0 Å². The van der Waals surface area contributed by atoms with E-state index in [0.717, 1.165) is 31.1 Å². The van der Waals surface area contributed by atoms with E-state index in [1.165, 1.54) is 23.5 Å². The van der Waals surface area contributed by atoms with Gasteiger partial charge in [-0.15, -0.1) is 0 Å². The summed E-state index contributed by atoms with van der Waals surface area (Å²) in [7, 11) is 0. The van der Waals surface area contributed by atoms with Gasteiger partial charge in [-0.05, 0) is 0 Å². The summed E-state index contributed by atoms with van der Waals surface area (Å²) >= 11 is 11.4. The van der Waals surface area contributed by atoms with Crippen molar-refractivity contribution in [1.29, 1.82) is 0 Å². The Balaban J connectivity index is 1.71. The Morgan fingerprint density at radius 2 is 2.37 bits per heavy atom. The van der Waals surface area contributed by atoms with Crippen LogP contribution in [-0.4, -0.2) is 45.5 Å². The van der Waals surface area contributed by atoms with Crippen LogP contribution in [0.2, 0.25) is 0 Å². The van der Waals surface area contributed by atoms with E-state index in [1.807, 2.05) is 23.5 Å². The molecule has 1 aromatic heterocycles. The molecule has 0 aliphatic carbocycles. The van der Waals surface area contributed by atoms with Crippen molar-refractivity contribution in [1.82, 2.24) is 0 Å². The summed E-state index contributed by atoms with van der Waals surface area (Å²) in [5, 5.41) is 0. The average molecular weight is 402 g/mol. The summed E-state index contributed by atoms with van der Waals surface area (Å²) in [5.74, 6) is 2.13. The molecular formula is C12H18O2S4Se. The van der Waals surface area contributed by atoms with E-state index in [-0.39, 0.29) is 6.29 Å². The molecule has 19 heavy (non-hydrogen) atoms. The van der Waals surface area contributed by atoms with Gasteiger partial charge in [0, 0.05) is 0 Å². The van der Waals surface area contributed by atoms with Gasteiger partial charge in [0.25, 0.3) is 0 Å². The third kappa shape index (κ3) is 5.83. The second kappa shape index (κ2) is 9.26. The molecular weight excluding hydrogens is 383 g/mol. The van der Waals surface area contributed by atoms with Gasteiger partial charge in [-0.25, -0.2) is 0 Å². The number of rotatable bonds is 7. The second-order valence-electron chi connectivity index (χ2n) is 3.98. The van der Waals surface area contributed by atoms with Crippen molar-refractivity contribution < 1.29 is 9.47 Å². The first-order chi connectivity index (χ1) is 9.29. The van der Waals surface area contributed by atoms with Gasteiger partial charge in [-0.1, -0.05) is 0 Å². The van der Waals surface area contributed by atoms with E-state index in [4.69, 9.17) is 21.7 Å². The molecule has 0 saturated carbocycles. The standard InChI is InChI=1S/C12H18O2S4Se/c1-2-16-11-10(18-12(15)19-11)17-8-7-14-9-5-3-4-6-13-9/h9H,2-8H2,1H3. The minimum atomic E-state index is 0.0364. The molecule has 1 aliphatic heterocycles. The Morgan fingerprint density at radius 3 is 3.11 bits per heavy atom. The summed E-state index contributed by atoms with van der Waals surface area (Å²) in [6.45, 7) is 3.82. The minimum absolute atomic E-state index is 0.0364. The molecule has 108 valence electrons. The predicted octanol–water partition coefficient (Wildman–Crippen LogP) is 4.28. The summed E-state index contributed by atoms with van der Waals surface area (Å²) in [4.78, 5) is 0. The Bertz CT molecular complexity index is 426. The van der Waals surface area contributed by atoms with Crippen LogP contribution in [0, 0.1) is 2.70 Å². The molecule has 0 radical (unpaired) electrons. The van der Waals surface area contributed by atoms with Gasteiger partial charge in [0.1, 0.15) is 0 Å². The van der Waals surface area contributed by atoms with Crippen molar-refractivity contribution in [2.75, 3.05) is 24.7 Å². The second-order valence-corrected chi connectivity index (χ2v) is 12.2. The van der Waals surface area contributed by atoms with Crippen molar-refractivity contribution in [2.24, 2.45) is 0 Å². The maximum atomic E-state index is 5.76. The number of hydrogen-bond acceptors (Lipinski definition) is 6. The zero-order chi connectivity index (χ0) is 13.5. The molecule has 2 heterocycles. The number of ether oxygens (including phenoxy) is 2. The van der Waals surface area contributed by atoms with E-state index in [0.29, 0.717) is 14.5 Å². The van der Waals surface area contributed by atoms with Crippen molar-refractivity contribution in [3.05, 3.63) is 2.70 Å². The summed E-state index contributed by atoms with van der Waals surface area (Å²) in [5.41, 5.74) is 0. The molecule has 2 rings (SSSR count). The summed E-state index contributed by atoms with van der Waals surface area (Å²) in [6, 6.07) is 0. The van der Waals surface area contributed by atoms with E-state index >= 15 is 0 Å². The van der Waals surface area contributed by atoms with Gasteiger partial charge in [-0.2, -0.15) is 0 Å². The maximum absolute atomic E-state index is 5.76. The van der Waals surface area contributed by atoms with E-state index in [2.05, 4.69) is 6.92 Å². The quantitative estimate of drug-likeness (QED) is 0.293. The van der Waals surface area contributed by atoms with Crippen molar-refractivity contribution in [3.8, 4) is 0 Å². The molecule has 0 spiro atoms. The van der Waals surface area contributed by atoms with Gasteiger partial charge >= 0.3 is 139 Å². The van der Waals surface area contributed by atoms with Crippen LogP contribution in [0.5, 0.6) is 0 Å². The van der Waals surface area contributed by atoms with Crippen LogP contribution in [0.15, 0.2) is 7.98 Å². The van der Waals surface area contributed by atoms with Crippen LogP contribution in [0.3, 0.4) is 0 Å². The monoisotopic (exact) mass is 402 g/mol. The first kappa shape index (κ1) is 16.6. The van der Waals surface area contributed by atoms with Crippen LogP contribution < -0.4 is 0 Å². The molecule has 0 aromatic carbocycles. The molecule has 0 bridgehead atoms. The normalized spacial score (nSPS) is 19.7. The molecule has 1 saturated heterocycles. The molecule has 7 heteroatoms. The van der Waals surface area contributed by atoms with Crippen LogP contribution in [0.4, 0.5) is 0 Å². The zero-order valence-corrected chi connectivity index (χ0v) is 15.9. The van der Waals surface area contributed by atoms with Gasteiger partial charge < -0.3 is 0 Å². The third-order valence-electron chi connectivity index (χ3n) is 2.55. The molecule has 1 fully saturated rings. The topological polar surface area (TPSA) is 18.5 Å². The Labute approximate surface area is 138 Å².